The van der Waals surface area contributed by atoms with Crippen LogP contribution in [0.25, 0.3) is 0 Å². The van der Waals surface area contributed by atoms with E-state index in [4.69, 9.17) is 4.74 Å². The molecule has 1 heterocycles. The fraction of sp³-hybridized carbons (Fsp3) is 0.469. The predicted molar refractivity (Wildman–Crippen MR) is 145 cm³/mol. The van der Waals surface area contributed by atoms with Gasteiger partial charge in [0, 0.05) is 6.20 Å². The number of rotatable bonds is 6. The SMILES string of the molecule is Cc1cnc(CNC(=O)C2CC3C4CCc5cc(OCc6ccccc6)ccc5C4CC[C@]3(C)[C@H]2O)cn1. The maximum Gasteiger partial charge on any atom is 0.226 e. The number of amides is 1. The van der Waals surface area contributed by atoms with Crippen molar-refractivity contribution in [3.63, 3.8) is 0 Å². The second-order valence-corrected chi connectivity index (χ2v) is 11.7. The molecule has 1 amide bonds. The lowest BCUT2D eigenvalue weighted by Crippen LogP contribution is -2.45. The minimum absolute atomic E-state index is 0.0662. The third-order valence-corrected chi connectivity index (χ3v) is 9.56. The van der Waals surface area contributed by atoms with Gasteiger partial charge in [0.1, 0.15) is 12.4 Å². The quantitative estimate of drug-likeness (QED) is 0.480. The number of fused-ring (bicyclic) bond motifs is 5. The van der Waals surface area contributed by atoms with Crippen molar-refractivity contribution in [2.24, 2.45) is 23.2 Å². The summed E-state index contributed by atoms with van der Waals surface area (Å²) in [5, 5.41) is 14.4. The summed E-state index contributed by atoms with van der Waals surface area (Å²) in [4.78, 5) is 21.8. The standard InChI is InChI=1S/C32H37N3O3/c1-20-16-34-23(17-33-20)18-35-31(37)28-15-29-27-10-8-22-14-24(38-19-21-6-4-3-5-7-21)9-11-25(22)26(27)12-13-32(29,2)30(28)36/h3-7,9,11,14,16-17,26-30,36H,8,10,12-13,15,18-19H2,1-2H3,(H,35,37)/t26?,27?,28?,29?,30-,32-/m0/s1. The lowest BCUT2D eigenvalue weighted by molar-refractivity contribution is -0.129. The lowest BCUT2D eigenvalue weighted by atomic mass is 9.55. The van der Waals surface area contributed by atoms with Gasteiger partial charge in [0.2, 0.25) is 5.91 Å². The van der Waals surface area contributed by atoms with E-state index in [9.17, 15) is 9.90 Å². The normalized spacial score (nSPS) is 29.6. The minimum Gasteiger partial charge on any atom is -0.489 e. The Morgan fingerprint density at radius 2 is 1.97 bits per heavy atom. The fourth-order valence-electron chi connectivity index (χ4n) is 7.48. The minimum atomic E-state index is -0.618. The average molecular weight is 512 g/mol. The van der Waals surface area contributed by atoms with Crippen molar-refractivity contribution in [1.82, 2.24) is 15.3 Å². The summed E-state index contributed by atoms with van der Waals surface area (Å²) in [6, 6.07) is 16.9. The Balaban J connectivity index is 1.14. The van der Waals surface area contributed by atoms with Crippen LogP contribution in [0.3, 0.4) is 0 Å². The summed E-state index contributed by atoms with van der Waals surface area (Å²) in [6.45, 7) is 5.02. The second kappa shape index (κ2) is 10.1. The van der Waals surface area contributed by atoms with Crippen LogP contribution >= 0.6 is 0 Å². The van der Waals surface area contributed by atoms with Gasteiger partial charge in [0.25, 0.3) is 0 Å². The number of hydrogen-bond donors (Lipinski definition) is 2. The number of aryl methyl sites for hydroxylation is 2. The molecule has 2 aromatic carbocycles. The number of nitrogens with one attached hydrogen (secondary N) is 1. The monoisotopic (exact) mass is 511 g/mol. The Morgan fingerprint density at radius 3 is 2.76 bits per heavy atom. The molecule has 2 N–H and O–H groups in total. The van der Waals surface area contributed by atoms with Gasteiger partial charge in [-0.05, 0) is 91.0 Å². The molecule has 0 bridgehead atoms. The maximum absolute atomic E-state index is 13.2. The topological polar surface area (TPSA) is 84.3 Å². The van der Waals surface area contributed by atoms with Crippen LogP contribution in [0, 0.1) is 30.1 Å². The van der Waals surface area contributed by atoms with Crippen LogP contribution in [-0.4, -0.2) is 27.1 Å². The van der Waals surface area contributed by atoms with Crippen molar-refractivity contribution in [2.75, 3.05) is 0 Å². The number of hydrogen-bond acceptors (Lipinski definition) is 5. The van der Waals surface area contributed by atoms with E-state index in [-0.39, 0.29) is 17.2 Å². The van der Waals surface area contributed by atoms with Crippen molar-refractivity contribution >= 4 is 5.91 Å². The molecule has 2 fully saturated rings. The predicted octanol–water partition coefficient (Wildman–Crippen LogP) is 5.12. The molecule has 6 heteroatoms. The Morgan fingerprint density at radius 1 is 1.13 bits per heavy atom. The van der Waals surface area contributed by atoms with Crippen molar-refractivity contribution in [3.8, 4) is 5.75 Å². The lowest BCUT2D eigenvalue weighted by Gasteiger charge is -2.50. The van der Waals surface area contributed by atoms with Crippen molar-refractivity contribution in [2.45, 2.75) is 71.1 Å². The fourth-order valence-corrected chi connectivity index (χ4v) is 7.48. The first-order valence-electron chi connectivity index (χ1n) is 14.0. The molecule has 2 saturated carbocycles. The first kappa shape index (κ1) is 25.1. The molecule has 6 atom stereocenters. The average Bonchev–Trinajstić information content (AvgIpc) is 3.22. The number of benzene rings is 2. The maximum atomic E-state index is 13.2. The van der Waals surface area contributed by atoms with E-state index >= 15 is 0 Å². The van der Waals surface area contributed by atoms with Crippen LogP contribution in [-0.2, 0) is 24.4 Å². The van der Waals surface area contributed by atoms with Gasteiger partial charge in [-0.2, -0.15) is 0 Å². The molecule has 6 nitrogen and oxygen atoms in total. The van der Waals surface area contributed by atoms with Crippen LogP contribution in [0.4, 0.5) is 0 Å². The van der Waals surface area contributed by atoms with Gasteiger partial charge in [-0.15, -0.1) is 0 Å². The van der Waals surface area contributed by atoms with Crippen LogP contribution in [0.2, 0.25) is 0 Å². The second-order valence-electron chi connectivity index (χ2n) is 11.7. The summed E-state index contributed by atoms with van der Waals surface area (Å²) in [6.07, 6.45) is 7.65. The third kappa shape index (κ3) is 4.60. The number of nitrogens with zero attached hydrogens (tertiary/aromatic N) is 2. The van der Waals surface area contributed by atoms with E-state index < -0.39 is 6.10 Å². The first-order valence-corrected chi connectivity index (χ1v) is 14.0. The molecule has 0 radical (unpaired) electrons. The molecule has 0 aliphatic heterocycles. The molecule has 198 valence electrons. The molecule has 38 heavy (non-hydrogen) atoms. The zero-order chi connectivity index (χ0) is 26.3. The molecule has 3 aliphatic carbocycles. The smallest absolute Gasteiger partial charge is 0.226 e. The molecule has 0 saturated heterocycles. The third-order valence-electron chi connectivity index (χ3n) is 9.56. The highest BCUT2D eigenvalue weighted by Crippen LogP contribution is 2.62. The Kier molecular flexibility index (Phi) is 6.68. The van der Waals surface area contributed by atoms with Crippen LogP contribution < -0.4 is 10.1 Å². The zero-order valence-corrected chi connectivity index (χ0v) is 22.3. The molecule has 1 aromatic heterocycles. The number of ether oxygens (including phenoxy) is 1. The summed E-state index contributed by atoms with van der Waals surface area (Å²) in [5.41, 5.74) is 5.37. The van der Waals surface area contributed by atoms with E-state index in [1.807, 2.05) is 25.1 Å². The van der Waals surface area contributed by atoms with E-state index in [1.165, 1.54) is 16.7 Å². The highest BCUT2D eigenvalue weighted by molar-refractivity contribution is 5.79. The van der Waals surface area contributed by atoms with Crippen molar-refractivity contribution in [1.29, 1.82) is 0 Å². The zero-order valence-electron chi connectivity index (χ0n) is 22.3. The van der Waals surface area contributed by atoms with Gasteiger partial charge in [-0.25, -0.2) is 0 Å². The van der Waals surface area contributed by atoms with Crippen LogP contribution in [0.15, 0.2) is 60.9 Å². The van der Waals surface area contributed by atoms with E-state index in [0.29, 0.717) is 30.9 Å². The van der Waals surface area contributed by atoms with Gasteiger partial charge < -0.3 is 15.2 Å². The van der Waals surface area contributed by atoms with Crippen molar-refractivity contribution < 1.29 is 14.6 Å². The first-order chi connectivity index (χ1) is 18.4. The van der Waals surface area contributed by atoms with Crippen LogP contribution in [0.5, 0.6) is 5.75 Å². The van der Waals surface area contributed by atoms with Gasteiger partial charge in [-0.1, -0.05) is 43.3 Å². The number of aliphatic hydroxyl groups is 1. The molecular formula is C32H37N3O3. The molecule has 3 aliphatic rings. The van der Waals surface area contributed by atoms with E-state index in [2.05, 4.69) is 52.5 Å². The van der Waals surface area contributed by atoms with Crippen LogP contribution in [0.1, 0.15) is 66.6 Å². The molecule has 3 aromatic rings. The Labute approximate surface area is 224 Å². The number of aromatic nitrogens is 2. The molecule has 6 rings (SSSR count). The van der Waals surface area contributed by atoms with Crippen molar-refractivity contribution in [3.05, 3.63) is 89.0 Å². The number of carbonyl (C=O) groups is 1. The van der Waals surface area contributed by atoms with Gasteiger partial charge in [-0.3, -0.25) is 14.8 Å². The molecule has 4 unspecified atom stereocenters. The Bertz CT molecular complexity index is 1300. The van der Waals surface area contributed by atoms with Gasteiger partial charge in [0.05, 0.1) is 36.2 Å². The molecule has 0 spiro atoms. The summed E-state index contributed by atoms with van der Waals surface area (Å²) < 4.78 is 6.11. The Hall–Kier alpha value is -3.25. The largest absolute Gasteiger partial charge is 0.489 e. The summed E-state index contributed by atoms with van der Waals surface area (Å²) in [7, 11) is 0. The number of aliphatic hydroxyl groups excluding tert-OH is 1. The summed E-state index contributed by atoms with van der Waals surface area (Å²) in [5.74, 6) is 1.80. The van der Waals surface area contributed by atoms with Gasteiger partial charge in [0.15, 0.2) is 0 Å². The van der Waals surface area contributed by atoms with Gasteiger partial charge >= 0.3 is 0 Å². The molecular weight excluding hydrogens is 474 g/mol. The van der Waals surface area contributed by atoms with E-state index in [0.717, 1.165) is 49.2 Å². The van der Waals surface area contributed by atoms with E-state index in [1.54, 1.807) is 12.4 Å². The number of carbonyl (C=O) groups excluding carboxylic acids is 1. The highest BCUT2D eigenvalue weighted by Gasteiger charge is 2.59. The summed E-state index contributed by atoms with van der Waals surface area (Å²) >= 11 is 0. The highest BCUT2D eigenvalue weighted by atomic mass is 16.5.